The lowest BCUT2D eigenvalue weighted by Crippen LogP contribution is -2.41. The molecule has 9 heteroatoms. The summed E-state index contributed by atoms with van der Waals surface area (Å²) < 4.78 is 21.6. The summed E-state index contributed by atoms with van der Waals surface area (Å²) in [5, 5.41) is 6.71. The van der Waals surface area contributed by atoms with Crippen molar-refractivity contribution in [1.82, 2.24) is 15.4 Å². The monoisotopic (exact) mass is 395 g/mol. The van der Waals surface area contributed by atoms with E-state index in [0.29, 0.717) is 47.5 Å². The molecule has 3 aromatic rings. The number of nitrogens with one attached hydrogen (secondary N) is 1. The predicted molar refractivity (Wildman–Crippen MR) is 98.1 cm³/mol. The van der Waals surface area contributed by atoms with Crippen molar-refractivity contribution in [2.24, 2.45) is 0 Å². The highest BCUT2D eigenvalue weighted by Crippen LogP contribution is 2.37. The number of ether oxygens (including phenoxy) is 2. The third kappa shape index (κ3) is 2.82. The van der Waals surface area contributed by atoms with E-state index in [4.69, 9.17) is 18.4 Å². The lowest BCUT2D eigenvalue weighted by molar-refractivity contribution is -0.131. The van der Waals surface area contributed by atoms with Crippen LogP contribution in [0.5, 0.6) is 11.5 Å². The van der Waals surface area contributed by atoms with Crippen molar-refractivity contribution in [3.8, 4) is 23.0 Å². The van der Waals surface area contributed by atoms with Crippen LogP contribution in [0.2, 0.25) is 0 Å². The molecule has 0 spiro atoms. The van der Waals surface area contributed by atoms with Crippen LogP contribution in [0.4, 0.5) is 4.79 Å². The first-order valence-corrected chi connectivity index (χ1v) is 9.08. The number of rotatable bonds is 4. The van der Waals surface area contributed by atoms with E-state index in [0.717, 1.165) is 4.90 Å². The van der Waals surface area contributed by atoms with Crippen LogP contribution in [-0.4, -0.2) is 35.2 Å². The third-order valence-electron chi connectivity index (χ3n) is 5.04. The molecule has 0 saturated carbocycles. The number of aromatic nitrogens is 1. The van der Waals surface area contributed by atoms with Gasteiger partial charge in [0.15, 0.2) is 17.3 Å². The molecule has 1 fully saturated rings. The summed E-state index contributed by atoms with van der Waals surface area (Å²) in [5.74, 6) is 1.72. The number of hydrogen-bond donors (Lipinski definition) is 1. The fourth-order valence-electron chi connectivity index (χ4n) is 3.47. The fourth-order valence-corrected chi connectivity index (χ4v) is 3.47. The second-order valence-electron chi connectivity index (χ2n) is 6.96. The number of carbonyl (C=O) groups excluding carboxylic acids is 2. The normalized spacial score (nSPS) is 20.8. The van der Waals surface area contributed by atoms with Crippen LogP contribution in [0, 0.1) is 0 Å². The number of carbonyl (C=O) groups is 2. The van der Waals surface area contributed by atoms with Crippen molar-refractivity contribution in [3.63, 3.8) is 0 Å². The largest absolute Gasteiger partial charge is 0.486 e. The molecule has 5 rings (SSSR count). The minimum atomic E-state index is -1.22. The van der Waals surface area contributed by atoms with Gasteiger partial charge in [0.05, 0.1) is 12.8 Å². The molecule has 0 radical (unpaired) electrons. The highest BCUT2D eigenvalue weighted by molar-refractivity contribution is 6.07. The van der Waals surface area contributed by atoms with E-state index < -0.39 is 11.6 Å². The third-order valence-corrected chi connectivity index (χ3v) is 5.04. The van der Waals surface area contributed by atoms with Gasteiger partial charge in [-0.15, -0.1) is 0 Å². The van der Waals surface area contributed by atoms with Gasteiger partial charge in [-0.3, -0.25) is 9.69 Å². The van der Waals surface area contributed by atoms with E-state index in [1.807, 2.05) is 0 Å². The van der Waals surface area contributed by atoms with E-state index in [2.05, 4.69) is 10.5 Å². The molecule has 0 unspecified atom stereocenters. The molecule has 2 aromatic heterocycles. The Hall–Kier alpha value is -3.75. The van der Waals surface area contributed by atoms with Crippen molar-refractivity contribution < 1.29 is 28.0 Å². The Bertz CT molecular complexity index is 1090. The summed E-state index contributed by atoms with van der Waals surface area (Å²) in [7, 11) is 0. The maximum atomic E-state index is 13.1. The van der Waals surface area contributed by atoms with E-state index in [9.17, 15) is 9.59 Å². The summed E-state index contributed by atoms with van der Waals surface area (Å²) in [5.41, 5.74) is -0.175. The molecule has 0 aliphatic carbocycles. The molecule has 1 saturated heterocycles. The average Bonchev–Trinajstić information content (AvgIpc) is 3.46. The Labute approximate surface area is 165 Å². The van der Waals surface area contributed by atoms with Gasteiger partial charge in [0.25, 0.3) is 5.91 Å². The number of amides is 3. The molecule has 0 bridgehead atoms. The van der Waals surface area contributed by atoms with Gasteiger partial charge in [-0.25, -0.2) is 4.79 Å². The van der Waals surface area contributed by atoms with E-state index >= 15 is 0 Å². The molecule has 1 N–H and O–H groups in total. The molecule has 2 aliphatic heterocycles. The first-order chi connectivity index (χ1) is 14.0. The first kappa shape index (κ1) is 17.4. The number of nitrogens with zero attached hydrogens (tertiary/aromatic N) is 2. The molecule has 1 atom stereocenters. The first-order valence-electron chi connectivity index (χ1n) is 9.08. The Kier molecular flexibility index (Phi) is 3.83. The van der Waals surface area contributed by atoms with E-state index in [1.54, 1.807) is 43.3 Å². The zero-order valence-corrected chi connectivity index (χ0v) is 15.5. The number of imide groups is 1. The van der Waals surface area contributed by atoms with Crippen molar-refractivity contribution in [1.29, 1.82) is 0 Å². The molecular weight excluding hydrogens is 378 g/mol. The number of hydrogen-bond acceptors (Lipinski definition) is 7. The van der Waals surface area contributed by atoms with Gasteiger partial charge in [0, 0.05) is 6.07 Å². The Morgan fingerprint density at radius 2 is 1.93 bits per heavy atom. The second kappa shape index (κ2) is 6.40. The number of furan rings is 1. The van der Waals surface area contributed by atoms with Crippen LogP contribution < -0.4 is 14.8 Å². The van der Waals surface area contributed by atoms with Gasteiger partial charge in [0.2, 0.25) is 5.76 Å². The molecule has 148 valence electrons. The van der Waals surface area contributed by atoms with Gasteiger partial charge in [-0.1, -0.05) is 11.2 Å². The highest BCUT2D eigenvalue weighted by Gasteiger charge is 2.49. The van der Waals surface area contributed by atoms with E-state index in [-0.39, 0.29) is 12.5 Å². The van der Waals surface area contributed by atoms with Crippen LogP contribution in [0.3, 0.4) is 0 Å². The van der Waals surface area contributed by atoms with Gasteiger partial charge in [-0.05, 0) is 36.8 Å². The van der Waals surface area contributed by atoms with Crippen molar-refractivity contribution >= 4 is 11.9 Å². The van der Waals surface area contributed by atoms with Crippen LogP contribution >= 0.6 is 0 Å². The predicted octanol–water partition coefficient (Wildman–Crippen LogP) is 2.67. The lowest BCUT2D eigenvalue weighted by Gasteiger charge is -2.25. The minimum Gasteiger partial charge on any atom is -0.486 e. The van der Waals surface area contributed by atoms with Gasteiger partial charge in [-0.2, -0.15) is 0 Å². The molecule has 1 aromatic carbocycles. The Morgan fingerprint density at radius 1 is 1.10 bits per heavy atom. The summed E-state index contributed by atoms with van der Waals surface area (Å²) in [6.45, 7) is 2.55. The Balaban J connectivity index is 1.39. The average molecular weight is 395 g/mol. The molecule has 2 aliphatic rings. The highest BCUT2D eigenvalue weighted by atomic mass is 16.6. The number of benzene rings is 1. The van der Waals surface area contributed by atoms with Crippen LogP contribution in [0.1, 0.15) is 18.2 Å². The molecule has 29 heavy (non-hydrogen) atoms. The van der Waals surface area contributed by atoms with Gasteiger partial charge < -0.3 is 23.7 Å². The van der Waals surface area contributed by atoms with Crippen LogP contribution in [0.25, 0.3) is 11.5 Å². The SMILES string of the molecule is C[C@]1(c2ccc3c(c2)OCCO3)NC(=O)N(Cc2cc(-c3ccco3)on2)C1=O. The number of urea groups is 1. The van der Waals surface area contributed by atoms with Crippen molar-refractivity contribution in [2.45, 2.75) is 19.0 Å². The van der Waals surface area contributed by atoms with Crippen LogP contribution in [-0.2, 0) is 16.9 Å². The minimum absolute atomic E-state index is 0.0188. The lowest BCUT2D eigenvalue weighted by atomic mass is 9.91. The van der Waals surface area contributed by atoms with Crippen molar-refractivity contribution in [3.05, 3.63) is 53.9 Å². The van der Waals surface area contributed by atoms with Gasteiger partial charge in [0.1, 0.15) is 24.4 Å². The molecule has 4 heterocycles. The fraction of sp³-hybridized carbons (Fsp3) is 0.250. The smallest absolute Gasteiger partial charge is 0.325 e. The van der Waals surface area contributed by atoms with Crippen LogP contribution in [0.15, 0.2) is 51.6 Å². The standard InChI is InChI=1S/C20H17N3O6/c1-20(12-4-5-15-16(9-12)28-8-7-27-15)18(24)23(19(25)21-20)11-13-10-17(29-22-13)14-3-2-6-26-14/h2-6,9-10H,7-8,11H2,1H3,(H,21,25)/t20-/m1/s1. The number of fused-ring (bicyclic) bond motifs is 1. The van der Waals surface area contributed by atoms with Gasteiger partial charge >= 0.3 is 6.03 Å². The molecule has 9 nitrogen and oxygen atoms in total. The molecular formula is C20H17N3O6. The maximum Gasteiger partial charge on any atom is 0.325 e. The zero-order chi connectivity index (χ0) is 20.0. The van der Waals surface area contributed by atoms with Crippen molar-refractivity contribution in [2.75, 3.05) is 13.2 Å². The quantitative estimate of drug-likeness (QED) is 0.677. The zero-order valence-electron chi connectivity index (χ0n) is 15.5. The maximum absolute atomic E-state index is 13.1. The Morgan fingerprint density at radius 3 is 2.72 bits per heavy atom. The topological polar surface area (TPSA) is 107 Å². The molecule has 3 amide bonds. The summed E-state index contributed by atoms with van der Waals surface area (Å²) >= 11 is 0. The second-order valence-corrected chi connectivity index (χ2v) is 6.96. The summed E-state index contributed by atoms with van der Waals surface area (Å²) in [6, 6.07) is 9.81. The summed E-state index contributed by atoms with van der Waals surface area (Å²) in [4.78, 5) is 26.8. The summed E-state index contributed by atoms with van der Waals surface area (Å²) in [6.07, 6.45) is 1.52. The van der Waals surface area contributed by atoms with E-state index in [1.165, 1.54) is 6.26 Å².